The van der Waals surface area contributed by atoms with E-state index in [2.05, 4.69) is 31.7 Å². The highest BCUT2D eigenvalue weighted by Gasteiger charge is 2.22. The van der Waals surface area contributed by atoms with Crippen molar-refractivity contribution < 1.29 is 9.59 Å². The van der Waals surface area contributed by atoms with E-state index in [1.807, 2.05) is 24.3 Å². The van der Waals surface area contributed by atoms with E-state index in [0.717, 1.165) is 18.4 Å². The van der Waals surface area contributed by atoms with Crippen LogP contribution in [0.25, 0.3) is 0 Å². The second-order valence-corrected chi connectivity index (χ2v) is 7.81. The second kappa shape index (κ2) is 9.88. The Hall–Kier alpha value is -2.68. The number of aryl methyl sites for hydroxylation is 2. The number of nitrogens with zero attached hydrogens (tertiary/aromatic N) is 2. The van der Waals surface area contributed by atoms with Crippen molar-refractivity contribution in [2.45, 2.75) is 12.8 Å². The molecular weight excluding hydrogens is 470 g/mol. The van der Waals surface area contributed by atoms with E-state index >= 15 is 0 Å². The molecule has 3 aromatic rings. The lowest BCUT2D eigenvalue weighted by molar-refractivity contribution is 0.101. The molecule has 0 fully saturated rings. The second-order valence-electron chi connectivity index (χ2n) is 6.61. The van der Waals surface area contributed by atoms with Gasteiger partial charge >= 0.3 is 0 Å². The van der Waals surface area contributed by atoms with Crippen LogP contribution in [0.4, 0.5) is 11.5 Å². The van der Waals surface area contributed by atoms with Gasteiger partial charge in [-0.1, -0.05) is 35.9 Å². The predicted octanol–water partition coefficient (Wildman–Crippen LogP) is 4.23. The third kappa shape index (κ3) is 5.08. The van der Waals surface area contributed by atoms with E-state index in [1.165, 1.54) is 4.68 Å². The number of rotatable bonds is 7. The Balaban J connectivity index is 1.73. The van der Waals surface area contributed by atoms with E-state index in [0.29, 0.717) is 33.1 Å². The molecular formula is C21H21BrClN5O2. The largest absolute Gasteiger partial charge is 0.330 e. The Labute approximate surface area is 187 Å². The molecule has 3 rings (SSSR count). The first kappa shape index (κ1) is 22.0. The minimum absolute atomic E-state index is 0.152. The number of anilines is 2. The molecule has 0 saturated heterocycles. The lowest BCUT2D eigenvalue weighted by atomic mass is 10.1. The SMILES string of the molecule is Cn1nc(C(=O)Nc2ccc(CCCN)cc2)c(Br)c1NC(=O)c1ccccc1Cl. The maximum atomic E-state index is 12.7. The normalized spacial score (nSPS) is 10.7. The molecule has 9 heteroatoms. The van der Waals surface area contributed by atoms with E-state index in [1.54, 1.807) is 31.3 Å². The van der Waals surface area contributed by atoms with Crippen molar-refractivity contribution in [3.63, 3.8) is 0 Å². The highest BCUT2D eigenvalue weighted by Crippen LogP contribution is 2.28. The highest BCUT2D eigenvalue weighted by atomic mass is 79.9. The summed E-state index contributed by atoms with van der Waals surface area (Å²) in [6.07, 6.45) is 1.81. The molecule has 0 aliphatic heterocycles. The van der Waals surface area contributed by atoms with Gasteiger partial charge in [0, 0.05) is 12.7 Å². The van der Waals surface area contributed by atoms with Gasteiger partial charge in [0.2, 0.25) is 0 Å². The number of benzene rings is 2. The molecule has 1 heterocycles. The molecule has 0 aliphatic carbocycles. The summed E-state index contributed by atoms with van der Waals surface area (Å²) < 4.78 is 1.80. The van der Waals surface area contributed by atoms with Gasteiger partial charge in [-0.15, -0.1) is 0 Å². The van der Waals surface area contributed by atoms with Crippen molar-refractivity contribution in [2.75, 3.05) is 17.2 Å². The molecule has 7 nitrogen and oxygen atoms in total. The molecule has 0 aliphatic rings. The van der Waals surface area contributed by atoms with Crippen LogP contribution in [0.5, 0.6) is 0 Å². The van der Waals surface area contributed by atoms with Crippen molar-refractivity contribution in [2.24, 2.45) is 12.8 Å². The van der Waals surface area contributed by atoms with Gasteiger partial charge in [-0.05, 0) is 65.1 Å². The summed E-state index contributed by atoms with van der Waals surface area (Å²) in [6.45, 7) is 0.640. The third-order valence-corrected chi connectivity index (χ3v) is 5.52. The van der Waals surface area contributed by atoms with Crippen LogP contribution in [-0.2, 0) is 13.5 Å². The van der Waals surface area contributed by atoms with Gasteiger partial charge in [-0.3, -0.25) is 14.3 Å². The smallest absolute Gasteiger partial charge is 0.277 e. The summed E-state index contributed by atoms with van der Waals surface area (Å²) >= 11 is 9.46. The molecule has 30 heavy (non-hydrogen) atoms. The molecule has 0 atom stereocenters. The Morgan fingerprint density at radius 3 is 2.47 bits per heavy atom. The van der Waals surface area contributed by atoms with Crippen molar-refractivity contribution in [1.29, 1.82) is 0 Å². The molecule has 0 saturated carbocycles. The van der Waals surface area contributed by atoms with E-state index < -0.39 is 11.8 Å². The summed E-state index contributed by atoms with van der Waals surface area (Å²) in [5, 5.41) is 10.1. The number of carbonyl (C=O) groups is 2. The van der Waals surface area contributed by atoms with Crippen LogP contribution in [0, 0.1) is 0 Å². The van der Waals surface area contributed by atoms with Gasteiger partial charge in [-0.25, -0.2) is 0 Å². The summed E-state index contributed by atoms with van der Waals surface area (Å²) in [6, 6.07) is 14.3. The molecule has 1 aromatic heterocycles. The molecule has 2 aromatic carbocycles. The van der Waals surface area contributed by atoms with Crippen molar-refractivity contribution in [3.8, 4) is 0 Å². The third-order valence-electron chi connectivity index (χ3n) is 4.44. The minimum atomic E-state index is -0.399. The monoisotopic (exact) mass is 489 g/mol. The maximum Gasteiger partial charge on any atom is 0.277 e. The van der Waals surface area contributed by atoms with Gasteiger partial charge < -0.3 is 16.4 Å². The first-order chi connectivity index (χ1) is 14.4. The van der Waals surface area contributed by atoms with Crippen LogP contribution in [0.2, 0.25) is 5.02 Å². The van der Waals surface area contributed by atoms with Crippen LogP contribution >= 0.6 is 27.5 Å². The first-order valence-corrected chi connectivity index (χ1v) is 10.5. The van der Waals surface area contributed by atoms with E-state index in [-0.39, 0.29) is 5.69 Å². The molecule has 156 valence electrons. The Bertz CT molecular complexity index is 1070. The number of amides is 2. The topological polar surface area (TPSA) is 102 Å². The predicted molar refractivity (Wildman–Crippen MR) is 122 cm³/mol. The number of nitrogens with one attached hydrogen (secondary N) is 2. The van der Waals surface area contributed by atoms with Crippen LogP contribution in [0.1, 0.15) is 32.8 Å². The fraction of sp³-hybridized carbons (Fsp3) is 0.190. The first-order valence-electron chi connectivity index (χ1n) is 9.29. The lowest BCUT2D eigenvalue weighted by Gasteiger charge is -2.07. The Kier molecular flexibility index (Phi) is 7.25. The zero-order valence-electron chi connectivity index (χ0n) is 16.3. The lowest BCUT2D eigenvalue weighted by Crippen LogP contribution is -2.15. The van der Waals surface area contributed by atoms with Crippen LogP contribution in [0.3, 0.4) is 0 Å². The zero-order chi connectivity index (χ0) is 21.7. The van der Waals surface area contributed by atoms with Crippen LogP contribution in [0.15, 0.2) is 53.0 Å². The summed E-state index contributed by atoms with van der Waals surface area (Å²) in [5.74, 6) is -0.447. The molecule has 2 amide bonds. The number of hydrogen-bond acceptors (Lipinski definition) is 4. The van der Waals surface area contributed by atoms with E-state index in [4.69, 9.17) is 17.3 Å². The molecule has 4 N–H and O–H groups in total. The van der Waals surface area contributed by atoms with Gasteiger partial charge in [0.25, 0.3) is 11.8 Å². The average molecular weight is 491 g/mol. The molecule has 0 spiro atoms. The number of aromatic nitrogens is 2. The molecule has 0 unspecified atom stereocenters. The summed E-state index contributed by atoms with van der Waals surface area (Å²) in [5.41, 5.74) is 7.81. The van der Waals surface area contributed by atoms with E-state index in [9.17, 15) is 9.59 Å². The quantitative estimate of drug-likeness (QED) is 0.461. The van der Waals surface area contributed by atoms with Gasteiger partial charge in [0.05, 0.1) is 15.1 Å². The molecule has 0 radical (unpaired) electrons. The summed E-state index contributed by atoms with van der Waals surface area (Å²) in [7, 11) is 1.63. The average Bonchev–Trinajstić information content (AvgIpc) is 3.02. The zero-order valence-corrected chi connectivity index (χ0v) is 18.6. The van der Waals surface area contributed by atoms with Gasteiger partial charge in [0.15, 0.2) is 5.69 Å². The maximum absolute atomic E-state index is 12.7. The minimum Gasteiger partial charge on any atom is -0.330 e. The Morgan fingerprint density at radius 2 is 1.80 bits per heavy atom. The summed E-state index contributed by atoms with van der Waals surface area (Å²) in [4.78, 5) is 25.3. The Morgan fingerprint density at radius 1 is 1.10 bits per heavy atom. The van der Waals surface area contributed by atoms with Crippen LogP contribution in [-0.4, -0.2) is 28.1 Å². The fourth-order valence-corrected chi connectivity index (χ4v) is 3.69. The van der Waals surface area contributed by atoms with Crippen LogP contribution < -0.4 is 16.4 Å². The van der Waals surface area contributed by atoms with Crippen molar-refractivity contribution >= 4 is 50.9 Å². The molecule has 0 bridgehead atoms. The number of nitrogens with two attached hydrogens (primary N) is 1. The number of hydrogen-bond donors (Lipinski definition) is 3. The standard InChI is InChI=1S/C21H21BrClN5O2/c1-28-19(26-20(29)15-6-2-3-7-16(15)23)17(22)18(27-28)21(30)25-14-10-8-13(9-11-14)5-4-12-24/h2-3,6-11H,4-5,12,24H2,1H3,(H,25,30)(H,26,29). The van der Waals surface area contributed by atoms with Crippen molar-refractivity contribution in [3.05, 3.63) is 74.8 Å². The highest BCUT2D eigenvalue weighted by molar-refractivity contribution is 9.10. The van der Waals surface area contributed by atoms with Gasteiger partial charge in [0.1, 0.15) is 5.82 Å². The number of halogens is 2. The number of carbonyl (C=O) groups excluding carboxylic acids is 2. The van der Waals surface area contributed by atoms with Gasteiger partial charge in [-0.2, -0.15) is 5.10 Å². The van der Waals surface area contributed by atoms with Crippen molar-refractivity contribution in [1.82, 2.24) is 9.78 Å². The fourth-order valence-electron chi connectivity index (χ4n) is 2.85.